The Morgan fingerprint density at radius 3 is 2.59 bits per heavy atom. The van der Waals surface area contributed by atoms with E-state index >= 15 is 0 Å². The Kier molecular flexibility index (Phi) is 5.99. The van der Waals surface area contributed by atoms with Gasteiger partial charge in [-0.2, -0.15) is 13.6 Å². The number of ether oxygens (including phenoxy) is 2. The molecule has 2 aliphatic rings. The fourth-order valence-corrected chi connectivity index (χ4v) is 6.77. The number of aliphatic hydroxyl groups is 1. The third kappa shape index (κ3) is 4.52. The van der Waals surface area contributed by atoms with Crippen molar-refractivity contribution < 1.29 is 61.0 Å². The van der Waals surface area contributed by atoms with Gasteiger partial charge in [-0.15, -0.1) is 0 Å². The highest BCUT2D eigenvalue weighted by molar-refractivity contribution is 7.66. The Labute approximate surface area is 187 Å². The van der Waals surface area contributed by atoms with E-state index in [1.807, 2.05) is 0 Å². The summed E-state index contributed by atoms with van der Waals surface area (Å²) in [5.74, 6) is -0.226. The standard InChI is InChI=1S/C12H18N5O14P3/c1-11-8(19)12(2-27-11,3-28-33(23,24)31-34(25,26)30-32(20,21)22)29-9(11)17-4-14-5-6(17)15-10(13)16-7(5)18/h4,8-9,19H,2-3H2,1H3,(H,23,24)(H,25,26)(H2,20,21,22)(H3,13,15,16,18)/t8-,9+,11+,12-/m0/s1. The van der Waals surface area contributed by atoms with Gasteiger partial charge in [-0.1, -0.05) is 0 Å². The van der Waals surface area contributed by atoms with Crippen molar-refractivity contribution in [1.82, 2.24) is 19.5 Å². The molecule has 34 heavy (non-hydrogen) atoms. The highest BCUT2D eigenvalue weighted by atomic mass is 31.3. The second kappa shape index (κ2) is 7.97. The molecule has 2 aliphatic heterocycles. The number of nitrogens with two attached hydrogens (primary N) is 1. The van der Waals surface area contributed by atoms with Gasteiger partial charge >= 0.3 is 23.5 Å². The first kappa shape index (κ1) is 25.5. The largest absolute Gasteiger partial charge is 0.490 e. The zero-order valence-corrected chi connectivity index (χ0v) is 19.5. The number of fused-ring (bicyclic) bond motifs is 3. The van der Waals surface area contributed by atoms with Crippen LogP contribution in [-0.4, -0.2) is 74.7 Å². The molecule has 2 aromatic heterocycles. The minimum absolute atomic E-state index is 0.0149. The molecule has 19 nitrogen and oxygen atoms in total. The number of aliphatic hydroxyl groups excluding tert-OH is 1. The monoisotopic (exact) mass is 549 g/mol. The molecule has 4 heterocycles. The summed E-state index contributed by atoms with van der Waals surface area (Å²) in [5.41, 5.74) is 1.49. The minimum Gasteiger partial charge on any atom is -0.387 e. The summed E-state index contributed by atoms with van der Waals surface area (Å²) in [6, 6.07) is 0. The fourth-order valence-electron chi connectivity index (χ4n) is 3.70. The van der Waals surface area contributed by atoms with Gasteiger partial charge in [0.25, 0.3) is 5.56 Å². The molecule has 190 valence electrons. The normalized spacial score (nSPS) is 32.6. The molecule has 2 aromatic rings. The molecular formula is C12H18N5O14P3. The lowest BCUT2D eigenvalue weighted by Crippen LogP contribution is -2.45. The number of nitrogen functional groups attached to an aromatic ring is 1. The van der Waals surface area contributed by atoms with Crippen molar-refractivity contribution >= 4 is 40.6 Å². The van der Waals surface area contributed by atoms with Crippen LogP contribution in [0.5, 0.6) is 0 Å². The maximum absolute atomic E-state index is 12.1. The van der Waals surface area contributed by atoms with Crippen molar-refractivity contribution in [3.8, 4) is 0 Å². The lowest BCUT2D eigenvalue weighted by molar-refractivity contribution is -0.210. The van der Waals surface area contributed by atoms with E-state index in [1.165, 1.54) is 17.8 Å². The van der Waals surface area contributed by atoms with E-state index in [2.05, 4.69) is 28.1 Å². The zero-order valence-electron chi connectivity index (χ0n) is 16.8. The molecule has 0 spiro atoms. The lowest BCUT2D eigenvalue weighted by atomic mass is 9.92. The molecule has 0 aromatic carbocycles. The SMILES string of the molecule is C[C@]12OC[C@@](COP(=O)(O)OP(=O)(O)OP(=O)(O)O)(O[C@H]1n1cnc3c(=O)[nH]c(N)nc31)[C@H]2O. The van der Waals surface area contributed by atoms with Crippen LogP contribution in [0.1, 0.15) is 13.2 Å². The first-order valence-corrected chi connectivity index (χ1v) is 13.5. The van der Waals surface area contributed by atoms with Crippen LogP contribution in [-0.2, 0) is 36.3 Å². The molecule has 2 bridgehead atoms. The van der Waals surface area contributed by atoms with Crippen molar-refractivity contribution in [2.24, 2.45) is 0 Å². The summed E-state index contributed by atoms with van der Waals surface area (Å²) >= 11 is 0. The Morgan fingerprint density at radius 1 is 1.26 bits per heavy atom. The van der Waals surface area contributed by atoms with Gasteiger partial charge in [0.2, 0.25) is 5.95 Å². The molecule has 4 rings (SSSR count). The maximum Gasteiger partial charge on any atom is 0.490 e. The number of phosphoric acid groups is 3. The summed E-state index contributed by atoms with van der Waals surface area (Å²) in [6.07, 6.45) is -1.54. The number of H-pyrrole nitrogens is 1. The van der Waals surface area contributed by atoms with E-state index < -0.39 is 59.2 Å². The summed E-state index contributed by atoms with van der Waals surface area (Å²) in [4.78, 5) is 58.4. The van der Waals surface area contributed by atoms with Gasteiger partial charge in [0.1, 0.15) is 17.3 Å². The Morgan fingerprint density at radius 2 is 1.94 bits per heavy atom. The average Bonchev–Trinajstić information content (AvgIpc) is 3.24. The molecule has 0 saturated carbocycles. The van der Waals surface area contributed by atoms with Crippen LogP contribution < -0.4 is 11.3 Å². The quantitative estimate of drug-likeness (QED) is 0.184. The number of aromatic amines is 1. The summed E-state index contributed by atoms with van der Waals surface area (Å²) < 4.78 is 59.0. The first-order valence-electron chi connectivity index (χ1n) is 8.98. The second-order valence-electron chi connectivity index (χ2n) is 7.55. The van der Waals surface area contributed by atoms with Gasteiger partial charge in [0.05, 0.1) is 19.5 Å². The lowest BCUT2D eigenvalue weighted by Gasteiger charge is -2.34. The van der Waals surface area contributed by atoms with Crippen LogP contribution in [0, 0.1) is 0 Å². The third-order valence-corrected chi connectivity index (χ3v) is 8.88. The fraction of sp³-hybridized carbons (Fsp3) is 0.583. The summed E-state index contributed by atoms with van der Waals surface area (Å²) in [7, 11) is -16.8. The summed E-state index contributed by atoms with van der Waals surface area (Å²) in [5, 5.41) is 10.9. The Bertz CT molecular complexity index is 1340. The van der Waals surface area contributed by atoms with E-state index in [4.69, 9.17) is 25.0 Å². The molecule has 22 heteroatoms. The number of nitrogens with zero attached hydrogens (tertiary/aromatic N) is 3. The van der Waals surface area contributed by atoms with Crippen molar-refractivity contribution in [2.45, 2.75) is 30.5 Å². The van der Waals surface area contributed by atoms with E-state index in [0.717, 1.165) is 0 Å². The Hall–Kier alpha value is -1.56. The minimum atomic E-state index is -5.74. The zero-order chi connectivity index (χ0) is 25.3. The van der Waals surface area contributed by atoms with Crippen LogP contribution in [0.4, 0.5) is 5.95 Å². The highest BCUT2D eigenvalue weighted by Gasteiger charge is 2.69. The molecular weight excluding hydrogens is 531 g/mol. The number of phosphoric ester groups is 1. The average molecular weight is 549 g/mol. The van der Waals surface area contributed by atoms with Crippen LogP contribution in [0.2, 0.25) is 0 Å². The second-order valence-corrected chi connectivity index (χ2v) is 12.0. The van der Waals surface area contributed by atoms with Crippen molar-refractivity contribution in [2.75, 3.05) is 18.9 Å². The molecule has 0 aliphatic carbocycles. The number of anilines is 1. The predicted octanol–water partition coefficient (Wildman–Crippen LogP) is -1.54. The molecule has 2 unspecified atom stereocenters. The van der Waals surface area contributed by atoms with Crippen LogP contribution in [0.15, 0.2) is 11.1 Å². The van der Waals surface area contributed by atoms with Crippen molar-refractivity contribution in [3.05, 3.63) is 16.7 Å². The van der Waals surface area contributed by atoms with Crippen molar-refractivity contribution in [1.29, 1.82) is 0 Å². The smallest absolute Gasteiger partial charge is 0.387 e. The van der Waals surface area contributed by atoms with E-state index in [0.29, 0.717) is 0 Å². The van der Waals surface area contributed by atoms with Crippen LogP contribution in [0.25, 0.3) is 11.2 Å². The van der Waals surface area contributed by atoms with E-state index in [-0.39, 0.29) is 23.7 Å². The number of aromatic nitrogens is 4. The predicted molar refractivity (Wildman–Crippen MR) is 106 cm³/mol. The molecule has 2 saturated heterocycles. The van der Waals surface area contributed by atoms with Gasteiger partial charge in [0.15, 0.2) is 17.4 Å². The van der Waals surface area contributed by atoms with Crippen LogP contribution in [0.3, 0.4) is 0 Å². The number of hydrogen-bond donors (Lipinski definition) is 7. The van der Waals surface area contributed by atoms with E-state index in [9.17, 15) is 33.4 Å². The maximum atomic E-state index is 12.1. The van der Waals surface area contributed by atoms with Gasteiger partial charge in [0, 0.05) is 0 Å². The number of nitrogens with one attached hydrogen (secondary N) is 1. The van der Waals surface area contributed by atoms with Gasteiger partial charge in [-0.25, -0.2) is 18.7 Å². The first-order chi connectivity index (χ1) is 15.5. The van der Waals surface area contributed by atoms with Gasteiger partial charge in [-0.05, 0) is 6.92 Å². The molecule has 8 N–H and O–H groups in total. The number of rotatable bonds is 8. The highest BCUT2D eigenvalue weighted by Crippen LogP contribution is 2.67. The number of imidazole rings is 1. The number of hydrogen-bond acceptors (Lipinski definition) is 13. The molecule has 2 fully saturated rings. The van der Waals surface area contributed by atoms with Crippen molar-refractivity contribution in [3.63, 3.8) is 0 Å². The topological polar surface area (TPSA) is 288 Å². The van der Waals surface area contributed by atoms with Gasteiger partial charge in [-0.3, -0.25) is 18.9 Å². The van der Waals surface area contributed by atoms with Gasteiger partial charge < -0.3 is 39.9 Å². The third-order valence-electron chi connectivity index (χ3n) is 5.10. The molecule has 0 radical (unpaired) electrons. The summed E-state index contributed by atoms with van der Waals surface area (Å²) in [6.45, 7) is 0.108. The van der Waals surface area contributed by atoms with Crippen LogP contribution >= 0.6 is 23.5 Å². The molecule has 0 amide bonds. The van der Waals surface area contributed by atoms with E-state index in [1.54, 1.807) is 0 Å². The Balaban J connectivity index is 1.57. The molecule has 6 atom stereocenters.